The van der Waals surface area contributed by atoms with E-state index in [0.29, 0.717) is 12.5 Å². The minimum atomic E-state index is 0.134. The van der Waals surface area contributed by atoms with Crippen LogP contribution in [0, 0.1) is 5.92 Å². The molecule has 94 valence electrons. The molecule has 1 saturated carbocycles. The molecule has 0 radical (unpaired) electrons. The molecule has 1 amide bonds. The van der Waals surface area contributed by atoms with E-state index < -0.39 is 0 Å². The second-order valence-corrected chi connectivity index (χ2v) is 4.89. The number of carbonyl (C=O) groups excluding carboxylic acids is 1. The Balaban J connectivity index is 1.95. The van der Waals surface area contributed by atoms with Gasteiger partial charge in [0.15, 0.2) is 0 Å². The van der Waals surface area contributed by atoms with E-state index in [0.717, 1.165) is 12.1 Å². The number of amides is 1. The van der Waals surface area contributed by atoms with Gasteiger partial charge in [0.2, 0.25) is 5.91 Å². The molecule has 17 heavy (non-hydrogen) atoms. The van der Waals surface area contributed by atoms with Gasteiger partial charge in [-0.1, -0.05) is 0 Å². The predicted molar refractivity (Wildman–Crippen MR) is 67.4 cm³/mol. The smallest absolute Gasteiger partial charge is 0.242 e. The molecule has 4 heteroatoms. The van der Waals surface area contributed by atoms with Gasteiger partial charge in [-0.2, -0.15) is 0 Å². The Labute approximate surface area is 102 Å². The number of nitrogens with zero attached hydrogens (tertiary/aromatic N) is 2. The van der Waals surface area contributed by atoms with Gasteiger partial charge in [0.25, 0.3) is 0 Å². The highest BCUT2D eigenvalue weighted by Gasteiger charge is 2.29. The lowest BCUT2D eigenvalue weighted by Gasteiger charge is -2.14. The fourth-order valence-corrected chi connectivity index (χ4v) is 1.94. The van der Waals surface area contributed by atoms with Crippen molar-refractivity contribution in [2.45, 2.75) is 32.4 Å². The minimum Gasteiger partial charge on any atom is -0.345 e. The first-order chi connectivity index (χ1) is 8.11. The molecular formula is C13H21N3O. The first kappa shape index (κ1) is 12.2. The Morgan fingerprint density at radius 3 is 2.94 bits per heavy atom. The van der Waals surface area contributed by atoms with Crippen LogP contribution in [0.1, 0.15) is 31.4 Å². The third-order valence-corrected chi connectivity index (χ3v) is 3.51. The largest absolute Gasteiger partial charge is 0.345 e. The van der Waals surface area contributed by atoms with E-state index in [4.69, 9.17) is 5.73 Å². The van der Waals surface area contributed by atoms with Crippen molar-refractivity contribution in [1.82, 2.24) is 9.47 Å². The molecule has 2 rings (SSSR count). The molecule has 1 aliphatic rings. The van der Waals surface area contributed by atoms with Crippen LogP contribution >= 0.6 is 0 Å². The zero-order valence-electron chi connectivity index (χ0n) is 10.6. The monoisotopic (exact) mass is 235 g/mol. The normalized spacial score (nSPS) is 16.9. The fourth-order valence-electron chi connectivity index (χ4n) is 1.94. The van der Waals surface area contributed by atoms with Gasteiger partial charge in [0.1, 0.15) is 6.54 Å². The Morgan fingerprint density at radius 2 is 2.35 bits per heavy atom. The highest BCUT2D eigenvalue weighted by molar-refractivity contribution is 5.75. The van der Waals surface area contributed by atoms with E-state index in [9.17, 15) is 4.79 Å². The Bertz CT molecular complexity index is 395. The van der Waals surface area contributed by atoms with Gasteiger partial charge < -0.3 is 15.2 Å². The van der Waals surface area contributed by atoms with Crippen molar-refractivity contribution in [1.29, 1.82) is 0 Å². The van der Waals surface area contributed by atoms with Gasteiger partial charge in [0.05, 0.1) is 0 Å². The lowest BCUT2D eigenvalue weighted by atomic mass is 10.1. The number of nitrogens with two attached hydrogens (primary N) is 1. The Morgan fingerprint density at radius 1 is 1.65 bits per heavy atom. The third-order valence-electron chi connectivity index (χ3n) is 3.51. The van der Waals surface area contributed by atoms with E-state index >= 15 is 0 Å². The van der Waals surface area contributed by atoms with Crippen molar-refractivity contribution < 1.29 is 4.79 Å². The number of likely N-dealkylation sites (N-methyl/N-ethyl adjacent to an activating group) is 1. The van der Waals surface area contributed by atoms with Crippen LogP contribution in [0.5, 0.6) is 0 Å². The van der Waals surface area contributed by atoms with Gasteiger partial charge in [-0.3, -0.25) is 4.79 Å². The lowest BCUT2D eigenvalue weighted by molar-refractivity contribution is -0.130. The van der Waals surface area contributed by atoms with E-state index in [-0.39, 0.29) is 11.9 Å². The molecule has 1 unspecified atom stereocenters. The third kappa shape index (κ3) is 2.88. The first-order valence-corrected chi connectivity index (χ1v) is 6.27. The number of hydrogen-bond donors (Lipinski definition) is 1. The van der Waals surface area contributed by atoms with Crippen molar-refractivity contribution in [3.05, 3.63) is 24.0 Å². The summed E-state index contributed by atoms with van der Waals surface area (Å²) in [5.74, 6) is 0.787. The molecule has 4 nitrogen and oxygen atoms in total. The maximum absolute atomic E-state index is 11.7. The summed E-state index contributed by atoms with van der Waals surface area (Å²) >= 11 is 0. The second kappa shape index (κ2) is 4.92. The predicted octanol–water partition coefficient (Wildman–Crippen LogP) is 1.38. The molecule has 1 atom stereocenters. The lowest BCUT2D eigenvalue weighted by Crippen LogP contribution is -2.29. The molecule has 0 aromatic carbocycles. The summed E-state index contributed by atoms with van der Waals surface area (Å²) in [4.78, 5) is 13.5. The maximum Gasteiger partial charge on any atom is 0.242 e. The quantitative estimate of drug-likeness (QED) is 0.838. The van der Waals surface area contributed by atoms with Crippen LogP contribution in [0.25, 0.3) is 0 Å². The first-order valence-electron chi connectivity index (χ1n) is 6.27. The highest BCUT2D eigenvalue weighted by Crippen LogP contribution is 2.39. The van der Waals surface area contributed by atoms with E-state index in [1.165, 1.54) is 12.8 Å². The summed E-state index contributed by atoms with van der Waals surface area (Å²) in [5, 5.41) is 0. The second-order valence-electron chi connectivity index (χ2n) is 4.89. The summed E-state index contributed by atoms with van der Waals surface area (Å²) in [5.41, 5.74) is 7.27. The number of aromatic nitrogens is 1. The zero-order chi connectivity index (χ0) is 12.4. The molecule has 0 spiro atoms. The Kier molecular flexibility index (Phi) is 3.52. The summed E-state index contributed by atoms with van der Waals surface area (Å²) in [6, 6.07) is 2.18. The molecule has 1 aromatic rings. The maximum atomic E-state index is 11.7. The number of hydrogen-bond acceptors (Lipinski definition) is 2. The SMILES string of the molecule is CCN(C)C(=O)Cn1ccc(C(N)C2CC2)c1. The summed E-state index contributed by atoms with van der Waals surface area (Å²) in [6.07, 6.45) is 6.43. The van der Waals surface area contributed by atoms with Gasteiger partial charge in [-0.25, -0.2) is 0 Å². The van der Waals surface area contributed by atoms with E-state index in [1.54, 1.807) is 4.90 Å². The molecule has 0 bridgehead atoms. The highest BCUT2D eigenvalue weighted by atomic mass is 16.2. The van der Waals surface area contributed by atoms with Crippen LogP contribution in [0.15, 0.2) is 18.5 Å². The molecular weight excluding hydrogens is 214 g/mol. The molecule has 2 N–H and O–H groups in total. The van der Waals surface area contributed by atoms with E-state index in [1.807, 2.05) is 37.0 Å². The minimum absolute atomic E-state index is 0.134. The van der Waals surface area contributed by atoms with Crippen LogP contribution in [0.3, 0.4) is 0 Å². The topological polar surface area (TPSA) is 51.3 Å². The van der Waals surface area contributed by atoms with Gasteiger partial charge in [0, 0.05) is 32.0 Å². The Hall–Kier alpha value is -1.29. The molecule has 0 saturated heterocycles. The molecule has 1 aliphatic carbocycles. The molecule has 1 heterocycles. The van der Waals surface area contributed by atoms with E-state index in [2.05, 4.69) is 0 Å². The van der Waals surface area contributed by atoms with Crippen LogP contribution in [-0.2, 0) is 11.3 Å². The standard InChI is InChI=1S/C13H21N3O/c1-3-15(2)12(17)9-16-7-6-11(8-16)13(14)10-4-5-10/h6-8,10,13H,3-5,9,14H2,1-2H3. The van der Waals surface area contributed by atoms with Crippen LogP contribution in [0.4, 0.5) is 0 Å². The van der Waals surface area contributed by atoms with Crippen molar-refractivity contribution in [3.63, 3.8) is 0 Å². The van der Waals surface area contributed by atoms with Crippen LogP contribution in [-0.4, -0.2) is 29.0 Å². The number of carbonyl (C=O) groups is 1. The number of rotatable bonds is 5. The van der Waals surface area contributed by atoms with Gasteiger partial charge in [-0.05, 0) is 37.3 Å². The summed E-state index contributed by atoms with van der Waals surface area (Å²) < 4.78 is 1.92. The van der Waals surface area contributed by atoms with Crippen molar-refractivity contribution in [3.8, 4) is 0 Å². The fraction of sp³-hybridized carbons (Fsp3) is 0.615. The zero-order valence-corrected chi connectivity index (χ0v) is 10.6. The average molecular weight is 235 g/mol. The van der Waals surface area contributed by atoms with Crippen molar-refractivity contribution in [2.24, 2.45) is 11.7 Å². The van der Waals surface area contributed by atoms with Crippen molar-refractivity contribution in [2.75, 3.05) is 13.6 Å². The van der Waals surface area contributed by atoms with Crippen LogP contribution < -0.4 is 5.73 Å². The van der Waals surface area contributed by atoms with Gasteiger partial charge >= 0.3 is 0 Å². The summed E-state index contributed by atoms with van der Waals surface area (Å²) in [7, 11) is 1.82. The molecule has 1 fully saturated rings. The van der Waals surface area contributed by atoms with Gasteiger partial charge in [-0.15, -0.1) is 0 Å². The average Bonchev–Trinajstić information content (AvgIpc) is 3.08. The molecule has 1 aromatic heterocycles. The van der Waals surface area contributed by atoms with Crippen LogP contribution in [0.2, 0.25) is 0 Å². The molecule has 0 aliphatic heterocycles. The summed E-state index contributed by atoms with van der Waals surface area (Å²) in [6.45, 7) is 3.12. The van der Waals surface area contributed by atoms with Crippen molar-refractivity contribution >= 4 is 5.91 Å².